The molecule has 2 atom stereocenters. The van der Waals surface area contributed by atoms with Gasteiger partial charge in [0.15, 0.2) is 6.04 Å². The van der Waals surface area contributed by atoms with Crippen molar-refractivity contribution in [2.24, 2.45) is 5.92 Å². The van der Waals surface area contributed by atoms with Gasteiger partial charge in [0.05, 0.1) is 19.1 Å². The first-order valence-corrected chi connectivity index (χ1v) is 9.35. The third-order valence-electron chi connectivity index (χ3n) is 5.22. The van der Waals surface area contributed by atoms with Gasteiger partial charge in [0.2, 0.25) is 5.91 Å². The molecule has 3 rings (SSSR count). The van der Waals surface area contributed by atoms with Gasteiger partial charge in [-0.15, -0.1) is 0 Å². The molecule has 1 N–H and O–H groups in total. The number of carboxylic acid groups (broad SMARTS) is 1. The summed E-state index contributed by atoms with van der Waals surface area (Å²) in [5.74, 6) is -1.68. The number of likely N-dealkylation sites (tertiary alicyclic amines) is 1. The van der Waals surface area contributed by atoms with Crippen LogP contribution in [-0.2, 0) is 14.3 Å². The van der Waals surface area contributed by atoms with E-state index in [2.05, 4.69) is 0 Å². The number of nitrogens with zero attached hydrogens (tertiary/aromatic N) is 2. The van der Waals surface area contributed by atoms with Gasteiger partial charge in [-0.1, -0.05) is 17.2 Å². The highest BCUT2D eigenvalue weighted by molar-refractivity contribution is 5.95. The molecule has 1 aromatic rings. The molecule has 2 aliphatic heterocycles. The molecule has 0 radical (unpaired) electrons. The van der Waals surface area contributed by atoms with Crippen molar-refractivity contribution in [1.82, 2.24) is 9.80 Å². The van der Waals surface area contributed by atoms with E-state index in [0.717, 1.165) is 17.5 Å². The van der Waals surface area contributed by atoms with Gasteiger partial charge in [-0.25, -0.2) is 4.79 Å². The van der Waals surface area contributed by atoms with Crippen molar-refractivity contribution in [3.05, 3.63) is 34.9 Å². The summed E-state index contributed by atoms with van der Waals surface area (Å²) in [4.78, 5) is 40.4. The lowest BCUT2D eigenvalue weighted by molar-refractivity contribution is -0.161. The molecule has 2 saturated heterocycles. The van der Waals surface area contributed by atoms with Gasteiger partial charge in [-0.05, 0) is 38.8 Å². The first kappa shape index (κ1) is 19.4. The number of carbonyl (C=O) groups is 3. The number of piperidine rings is 1. The summed E-state index contributed by atoms with van der Waals surface area (Å²) in [6.45, 7) is 5.48. The molecule has 7 nitrogen and oxygen atoms in total. The Morgan fingerprint density at radius 1 is 1.11 bits per heavy atom. The lowest BCUT2D eigenvalue weighted by atomic mass is 9.94. The molecule has 0 spiro atoms. The first-order chi connectivity index (χ1) is 12.9. The van der Waals surface area contributed by atoms with E-state index in [1.807, 2.05) is 32.0 Å². The zero-order valence-electron chi connectivity index (χ0n) is 15.8. The number of ether oxygens (including phenoxy) is 1. The number of rotatable bonds is 3. The zero-order valence-corrected chi connectivity index (χ0v) is 15.8. The van der Waals surface area contributed by atoms with Gasteiger partial charge in [0.1, 0.15) is 0 Å². The van der Waals surface area contributed by atoms with E-state index in [-0.39, 0.29) is 30.9 Å². The molecule has 0 saturated carbocycles. The molecule has 2 aliphatic rings. The molecule has 1 aromatic carbocycles. The number of morpholine rings is 1. The summed E-state index contributed by atoms with van der Waals surface area (Å²) >= 11 is 0. The third kappa shape index (κ3) is 4.30. The predicted molar refractivity (Wildman–Crippen MR) is 98.5 cm³/mol. The van der Waals surface area contributed by atoms with E-state index in [4.69, 9.17) is 4.74 Å². The van der Waals surface area contributed by atoms with Crippen LogP contribution < -0.4 is 0 Å². The van der Waals surface area contributed by atoms with Gasteiger partial charge >= 0.3 is 5.97 Å². The number of aryl methyl sites for hydroxylation is 2. The molecule has 7 heteroatoms. The Bertz CT molecular complexity index is 728. The monoisotopic (exact) mass is 374 g/mol. The van der Waals surface area contributed by atoms with Crippen LogP contribution in [0, 0.1) is 19.8 Å². The molecule has 146 valence electrons. The van der Waals surface area contributed by atoms with Crippen molar-refractivity contribution >= 4 is 17.8 Å². The number of amides is 2. The number of carboxylic acids is 1. The Morgan fingerprint density at radius 2 is 1.81 bits per heavy atom. The number of aliphatic carboxylic acids is 1. The Hall–Kier alpha value is -2.41. The molecule has 0 bridgehead atoms. The number of hydrogen-bond acceptors (Lipinski definition) is 4. The molecule has 2 fully saturated rings. The van der Waals surface area contributed by atoms with Crippen molar-refractivity contribution < 1.29 is 24.2 Å². The summed E-state index contributed by atoms with van der Waals surface area (Å²) in [5, 5.41) is 9.36. The topological polar surface area (TPSA) is 87.2 Å². The second-order valence-electron chi connectivity index (χ2n) is 7.43. The second-order valence-corrected chi connectivity index (χ2v) is 7.43. The Kier molecular flexibility index (Phi) is 5.79. The molecule has 2 amide bonds. The average molecular weight is 374 g/mol. The summed E-state index contributed by atoms with van der Waals surface area (Å²) in [6, 6.07) is 4.80. The zero-order chi connectivity index (χ0) is 19.6. The molecular formula is C20H26N2O5. The highest BCUT2D eigenvalue weighted by Gasteiger charge is 2.38. The van der Waals surface area contributed by atoms with E-state index in [1.54, 1.807) is 4.90 Å². The van der Waals surface area contributed by atoms with Crippen LogP contribution in [0.5, 0.6) is 0 Å². The van der Waals surface area contributed by atoms with Crippen LogP contribution in [0.4, 0.5) is 0 Å². The third-order valence-corrected chi connectivity index (χ3v) is 5.22. The molecule has 27 heavy (non-hydrogen) atoms. The maximum absolute atomic E-state index is 12.9. The predicted octanol–water partition coefficient (Wildman–Crippen LogP) is 1.47. The van der Waals surface area contributed by atoms with Crippen molar-refractivity contribution in [2.45, 2.75) is 32.7 Å². The number of carbonyl (C=O) groups excluding carboxylic acids is 2. The van der Waals surface area contributed by atoms with E-state index < -0.39 is 12.0 Å². The van der Waals surface area contributed by atoms with Crippen molar-refractivity contribution in [2.75, 3.05) is 32.8 Å². The lowest BCUT2D eigenvalue weighted by Crippen LogP contribution is -2.56. The summed E-state index contributed by atoms with van der Waals surface area (Å²) < 4.78 is 5.21. The van der Waals surface area contributed by atoms with Gasteiger partial charge in [0.25, 0.3) is 5.91 Å². The van der Waals surface area contributed by atoms with Crippen molar-refractivity contribution in [3.63, 3.8) is 0 Å². The van der Waals surface area contributed by atoms with Gasteiger partial charge in [-0.2, -0.15) is 0 Å². The maximum Gasteiger partial charge on any atom is 0.328 e. The van der Waals surface area contributed by atoms with Crippen LogP contribution >= 0.6 is 0 Å². The van der Waals surface area contributed by atoms with Crippen LogP contribution in [0.3, 0.4) is 0 Å². The minimum Gasteiger partial charge on any atom is -0.480 e. The van der Waals surface area contributed by atoms with Gasteiger partial charge < -0.3 is 19.6 Å². The number of benzene rings is 1. The van der Waals surface area contributed by atoms with Crippen LogP contribution in [0.2, 0.25) is 0 Å². The van der Waals surface area contributed by atoms with E-state index >= 15 is 0 Å². The normalized spacial score (nSPS) is 23.2. The Labute approximate surface area is 158 Å². The molecule has 2 unspecified atom stereocenters. The summed E-state index contributed by atoms with van der Waals surface area (Å²) in [5.41, 5.74) is 2.69. The molecule has 0 aliphatic carbocycles. The van der Waals surface area contributed by atoms with Crippen molar-refractivity contribution in [1.29, 1.82) is 0 Å². The SMILES string of the molecule is Cc1cc(C)cc(C(=O)N2CCCC(C(=O)N3CCOCC3C(=O)O)C2)c1. The van der Waals surface area contributed by atoms with E-state index in [0.29, 0.717) is 31.7 Å². The highest BCUT2D eigenvalue weighted by Crippen LogP contribution is 2.23. The largest absolute Gasteiger partial charge is 0.480 e. The van der Waals surface area contributed by atoms with Gasteiger partial charge in [-0.3, -0.25) is 9.59 Å². The fourth-order valence-electron chi connectivity index (χ4n) is 3.95. The van der Waals surface area contributed by atoms with Gasteiger partial charge in [0, 0.05) is 25.2 Å². The molecule has 0 aromatic heterocycles. The Morgan fingerprint density at radius 3 is 2.48 bits per heavy atom. The van der Waals surface area contributed by atoms with E-state index in [9.17, 15) is 19.5 Å². The summed E-state index contributed by atoms with van der Waals surface area (Å²) in [6.07, 6.45) is 1.40. The fourth-order valence-corrected chi connectivity index (χ4v) is 3.95. The average Bonchev–Trinajstić information content (AvgIpc) is 2.66. The fraction of sp³-hybridized carbons (Fsp3) is 0.550. The highest BCUT2D eigenvalue weighted by atomic mass is 16.5. The van der Waals surface area contributed by atoms with Crippen LogP contribution in [0.25, 0.3) is 0 Å². The smallest absolute Gasteiger partial charge is 0.328 e. The number of hydrogen-bond donors (Lipinski definition) is 1. The lowest BCUT2D eigenvalue weighted by Gasteiger charge is -2.38. The quantitative estimate of drug-likeness (QED) is 0.866. The molecule has 2 heterocycles. The summed E-state index contributed by atoms with van der Waals surface area (Å²) in [7, 11) is 0. The van der Waals surface area contributed by atoms with E-state index in [1.165, 1.54) is 4.90 Å². The van der Waals surface area contributed by atoms with Crippen LogP contribution in [-0.4, -0.2) is 71.6 Å². The standard InChI is InChI=1S/C20H26N2O5/c1-13-8-14(2)10-16(9-13)18(23)21-5-3-4-15(11-21)19(24)22-6-7-27-12-17(22)20(25)26/h8-10,15,17H,3-7,11-12H2,1-2H3,(H,25,26). The molecular weight excluding hydrogens is 348 g/mol. The Balaban J connectivity index is 1.72. The van der Waals surface area contributed by atoms with Crippen LogP contribution in [0.15, 0.2) is 18.2 Å². The minimum absolute atomic E-state index is 0.0129. The van der Waals surface area contributed by atoms with Crippen molar-refractivity contribution in [3.8, 4) is 0 Å². The first-order valence-electron chi connectivity index (χ1n) is 9.35. The minimum atomic E-state index is -1.05. The maximum atomic E-state index is 12.9. The van der Waals surface area contributed by atoms with Crippen LogP contribution in [0.1, 0.15) is 34.3 Å². The second kappa shape index (κ2) is 8.08.